The molecule has 21 heavy (non-hydrogen) atoms. The monoisotopic (exact) mass is 336 g/mol. The van der Waals surface area contributed by atoms with Crippen LogP contribution in [0.3, 0.4) is 0 Å². The minimum Gasteiger partial charge on any atom is -0.339 e. The van der Waals surface area contributed by atoms with Gasteiger partial charge >= 0.3 is 0 Å². The van der Waals surface area contributed by atoms with Crippen molar-refractivity contribution in [3.05, 3.63) is 29.8 Å². The number of benzene rings is 1. The molecule has 1 aromatic carbocycles. The van der Waals surface area contributed by atoms with Gasteiger partial charge in [0.2, 0.25) is 0 Å². The first kappa shape index (κ1) is 18.2. The molecule has 1 heterocycles. The number of carbonyl (C=O) groups excluding carboxylic acids is 1. The lowest BCUT2D eigenvalue weighted by molar-refractivity contribution is 0.0703. The molecule has 1 aliphatic rings. The number of nitrogens with one attached hydrogen (secondary N) is 1. The van der Waals surface area contributed by atoms with Crippen LogP contribution in [-0.4, -0.2) is 42.7 Å². The van der Waals surface area contributed by atoms with E-state index in [0.29, 0.717) is 22.2 Å². The van der Waals surface area contributed by atoms with Gasteiger partial charge in [0.05, 0.1) is 0 Å². The molecule has 0 bridgehead atoms. The Balaban J connectivity index is 0.00000220. The second-order valence-electron chi connectivity index (χ2n) is 4.80. The van der Waals surface area contributed by atoms with Crippen LogP contribution in [0.5, 0.6) is 0 Å². The predicted octanol–water partition coefficient (Wildman–Crippen LogP) is 3.25. The summed E-state index contributed by atoms with van der Waals surface area (Å²) in [5.41, 5.74) is 0.546. The van der Waals surface area contributed by atoms with Gasteiger partial charge in [-0.2, -0.15) is 8.78 Å². The largest absolute Gasteiger partial charge is 0.339 e. The summed E-state index contributed by atoms with van der Waals surface area (Å²) in [6, 6.07) is 6.62. The normalized spacial score (nSPS) is 15.6. The third-order valence-corrected chi connectivity index (χ3v) is 4.23. The van der Waals surface area contributed by atoms with Gasteiger partial charge < -0.3 is 10.2 Å². The minimum atomic E-state index is -2.44. The molecule has 7 heteroatoms. The van der Waals surface area contributed by atoms with Crippen LogP contribution in [0, 0.1) is 0 Å². The molecule has 1 aromatic rings. The average molecular weight is 337 g/mol. The standard InChI is InChI=1S/C14H18F2N2OS.ClH/c1-18(11-6-8-17-9-7-11)13(19)10-2-4-12(5-3-10)20-14(15)16;/h2-5,11,14,17H,6-9H2,1H3;1H. The van der Waals surface area contributed by atoms with Gasteiger partial charge in [-0.25, -0.2) is 0 Å². The Hall–Kier alpha value is -0.850. The highest BCUT2D eigenvalue weighted by atomic mass is 35.5. The summed E-state index contributed by atoms with van der Waals surface area (Å²) in [4.78, 5) is 14.6. The molecule has 1 fully saturated rings. The van der Waals surface area contributed by atoms with Gasteiger partial charge in [-0.05, 0) is 50.2 Å². The zero-order valence-electron chi connectivity index (χ0n) is 11.7. The van der Waals surface area contributed by atoms with E-state index in [2.05, 4.69) is 5.32 Å². The quantitative estimate of drug-likeness (QED) is 0.857. The van der Waals surface area contributed by atoms with Gasteiger partial charge in [0.15, 0.2) is 0 Å². The van der Waals surface area contributed by atoms with Crippen LogP contribution in [0.15, 0.2) is 29.2 Å². The van der Waals surface area contributed by atoms with Crippen molar-refractivity contribution in [2.45, 2.75) is 29.5 Å². The molecule has 3 nitrogen and oxygen atoms in total. The van der Waals surface area contributed by atoms with Crippen molar-refractivity contribution >= 4 is 30.1 Å². The molecular weight excluding hydrogens is 318 g/mol. The summed E-state index contributed by atoms with van der Waals surface area (Å²) in [5, 5.41) is 3.26. The smallest absolute Gasteiger partial charge is 0.288 e. The van der Waals surface area contributed by atoms with Gasteiger partial charge in [-0.1, -0.05) is 11.8 Å². The van der Waals surface area contributed by atoms with Crippen LogP contribution in [0.25, 0.3) is 0 Å². The molecule has 1 saturated heterocycles. The number of halogens is 3. The van der Waals surface area contributed by atoms with Crippen molar-refractivity contribution in [3.8, 4) is 0 Å². The Labute approximate surface area is 133 Å². The maximum absolute atomic E-state index is 12.3. The van der Waals surface area contributed by atoms with Gasteiger partial charge in [-0.3, -0.25) is 4.79 Å². The summed E-state index contributed by atoms with van der Waals surface area (Å²) < 4.78 is 24.5. The number of rotatable bonds is 4. The first-order chi connectivity index (χ1) is 9.58. The number of amides is 1. The van der Waals surface area contributed by atoms with Crippen LogP contribution in [-0.2, 0) is 0 Å². The van der Waals surface area contributed by atoms with E-state index < -0.39 is 5.76 Å². The van der Waals surface area contributed by atoms with E-state index in [1.807, 2.05) is 0 Å². The molecule has 118 valence electrons. The van der Waals surface area contributed by atoms with Crippen LogP contribution in [0.4, 0.5) is 8.78 Å². The van der Waals surface area contributed by atoms with Crippen molar-refractivity contribution in [2.24, 2.45) is 0 Å². The Bertz CT molecular complexity index is 453. The van der Waals surface area contributed by atoms with Gasteiger partial charge in [0, 0.05) is 23.5 Å². The minimum absolute atomic E-state index is 0. The topological polar surface area (TPSA) is 32.3 Å². The predicted molar refractivity (Wildman–Crippen MR) is 83.5 cm³/mol. The number of thioether (sulfide) groups is 1. The molecule has 2 rings (SSSR count). The SMILES string of the molecule is CN(C(=O)c1ccc(SC(F)F)cc1)C1CCNCC1.Cl. The number of carbonyl (C=O) groups is 1. The number of hydrogen-bond donors (Lipinski definition) is 1. The van der Waals surface area contributed by atoms with Gasteiger partial charge in [-0.15, -0.1) is 12.4 Å². The number of piperidine rings is 1. The third kappa shape index (κ3) is 5.13. The summed E-state index contributed by atoms with van der Waals surface area (Å²) in [7, 11) is 1.81. The fourth-order valence-electron chi connectivity index (χ4n) is 2.34. The van der Waals surface area contributed by atoms with Crippen molar-refractivity contribution in [2.75, 3.05) is 20.1 Å². The Kier molecular flexibility index (Phi) is 7.42. The Morgan fingerprint density at radius 1 is 1.29 bits per heavy atom. The number of alkyl halides is 2. The van der Waals surface area contributed by atoms with Crippen LogP contribution in [0.1, 0.15) is 23.2 Å². The molecule has 1 aliphatic heterocycles. The second kappa shape index (κ2) is 8.56. The molecule has 1 N–H and O–H groups in total. The molecule has 0 unspecified atom stereocenters. The van der Waals surface area contributed by atoms with Crippen molar-refractivity contribution in [1.29, 1.82) is 0 Å². The molecule has 0 spiro atoms. The van der Waals surface area contributed by atoms with Crippen LogP contribution >= 0.6 is 24.2 Å². The summed E-state index contributed by atoms with van der Waals surface area (Å²) in [6.07, 6.45) is 1.89. The molecule has 0 saturated carbocycles. The molecule has 0 atom stereocenters. The van der Waals surface area contributed by atoms with E-state index in [0.717, 1.165) is 25.9 Å². The molecule has 1 amide bonds. The maximum Gasteiger partial charge on any atom is 0.288 e. The maximum atomic E-state index is 12.3. The average Bonchev–Trinajstić information content (AvgIpc) is 2.47. The van der Waals surface area contributed by atoms with E-state index in [4.69, 9.17) is 0 Å². The lowest BCUT2D eigenvalue weighted by atomic mass is 10.0. The number of hydrogen-bond acceptors (Lipinski definition) is 3. The van der Waals surface area contributed by atoms with E-state index >= 15 is 0 Å². The van der Waals surface area contributed by atoms with Gasteiger partial charge in [0.1, 0.15) is 0 Å². The lowest BCUT2D eigenvalue weighted by Gasteiger charge is -2.31. The lowest BCUT2D eigenvalue weighted by Crippen LogP contribution is -2.43. The highest BCUT2D eigenvalue weighted by Crippen LogP contribution is 2.25. The molecule has 0 radical (unpaired) electrons. The fourth-order valence-corrected chi connectivity index (χ4v) is 2.84. The zero-order valence-corrected chi connectivity index (χ0v) is 13.4. The summed E-state index contributed by atoms with van der Waals surface area (Å²) >= 11 is 0.489. The molecule has 0 aromatic heterocycles. The molecule has 0 aliphatic carbocycles. The molecular formula is C14H19ClF2N2OS. The Morgan fingerprint density at radius 2 is 1.86 bits per heavy atom. The van der Waals surface area contributed by atoms with Gasteiger partial charge in [0.25, 0.3) is 11.7 Å². The van der Waals surface area contributed by atoms with E-state index in [-0.39, 0.29) is 24.4 Å². The van der Waals surface area contributed by atoms with Crippen LogP contribution < -0.4 is 5.32 Å². The summed E-state index contributed by atoms with van der Waals surface area (Å²) in [6.45, 7) is 1.85. The zero-order chi connectivity index (χ0) is 14.5. The highest BCUT2D eigenvalue weighted by Gasteiger charge is 2.22. The fraction of sp³-hybridized carbons (Fsp3) is 0.500. The van der Waals surface area contributed by atoms with Crippen molar-refractivity contribution in [1.82, 2.24) is 10.2 Å². The highest BCUT2D eigenvalue weighted by molar-refractivity contribution is 7.99. The third-order valence-electron chi connectivity index (χ3n) is 3.50. The van der Waals surface area contributed by atoms with Crippen LogP contribution in [0.2, 0.25) is 0 Å². The van der Waals surface area contributed by atoms with E-state index in [1.165, 1.54) is 0 Å². The second-order valence-corrected chi connectivity index (χ2v) is 5.86. The first-order valence-corrected chi connectivity index (χ1v) is 7.48. The van der Waals surface area contributed by atoms with Crippen molar-refractivity contribution < 1.29 is 13.6 Å². The van der Waals surface area contributed by atoms with E-state index in [1.54, 1.807) is 36.2 Å². The first-order valence-electron chi connectivity index (χ1n) is 6.60. The summed E-state index contributed by atoms with van der Waals surface area (Å²) in [5.74, 6) is -2.49. The van der Waals surface area contributed by atoms with Crippen molar-refractivity contribution in [3.63, 3.8) is 0 Å². The van der Waals surface area contributed by atoms with E-state index in [9.17, 15) is 13.6 Å². The Morgan fingerprint density at radius 3 is 2.38 bits per heavy atom. The number of nitrogens with zero attached hydrogens (tertiary/aromatic N) is 1.